The van der Waals surface area contributed by atoms with Crippen LogP contribution in [0.3, 0.4) is 0 Å². The molecule has 3 rings (SSSR count). The number of rotatable bonds is 5. The van der Waals surface area contributed by atoms with Crippen molar-refractivity contribution < 1.29 is 4.79 Å². The molecule has 1 N–H and O–H groups in total. The fourth-order valence-corrected chi connectivity index (χ4v) is 2.70. The van der Waals surface area contributed by atoms with E-state index in [0.29, 0.717) is 18.5 Å². The Morgan fingerprint density at radius 3 is 2.68 bits per heavy atom. The molecule has 1 aromatic heterocycles. The molecule has 19 heavy (non-hydrogen) atoms. The summed E-state index contributed by atoms with van der Waals surface area (Å²) in [6.45, 7) is 3.65. The van der Waals surface area contributed by atoms with Crippen LogP contribution in [-0.4, -0.2) is 46.3 Å². The first-order valence-electron chi connectivity index (χ1n) is 7.29. The first-order valence-corrected chi connectivity index (χ1v) is 7.29. The summed E-state index contributed by atoms with van der Waals surface area (Å²) >= 11 is 0. The van der Waals surface area contributed by atoms with E-state index in [0.717, 1.165) is 45.3 Å². The molecule has 2 fully saturated rings. The number of carbonyl (C=O) groups excluding carboxylic acids is 1. The van der Waals surface area contributed by atoms with Crippen LogP contribution in [0.2, 0.25) is 0 Å². The van der Waals surface area contributed by atoms with Gasteiger partial charge in [-0.15, -0.1) is 0 Å². The Hall–Kier alpha value is -1.36. The third-order valence-electron chi connectivity index (χ3n) is 4.02. The van der Waals surface area contributed by atoms with Crippen LogP contribution >= 0.6 is 0 Å². The highest BCUT2D eigenvalue weighted by Crippen LogP contribution is 2.20. The van der Waals surface area contributed by atoms with Gasteiger partial charge in [-0.2, -0.15) is 5.10 Å². The Labute approximate surface area is 114 Å². The summed E-state index contributed by atoms with van der Waals surface area (Å²) < 4.78 is 2.01. The van der Waals surface area contributed by atoms with Crippen LogP contribution in [0, 0.1) is 5.92 Å². The number of aromatic nitrogens is 2. The maximum Gasteiger partial charge on any atom is 0.234 e. The number of hydrogen-bond acceptors (Lipinski definition) is 3. The zero-order chi connectivity index (χ0) is 13.1. The second-order valence-electron chi connectivity index (χ2n) is 5.79. The average molecular weight is 262 g/mol. The SMILES string of the molecule is O=C(CN1CCC(Cn2cccn2)CC1)NC1CC1. The molecule has 0 unspecified atom stereocenters. The van der Waals surface area contributed by atoms with Gasteiger partial charge in [0.2, 0.25) is 5.91 Å². The third kappa shape index (κ3) is 3.80. The minimum absolute atomic E-state index is 0.202. The smallest absolute Gasteiger partial charge is 0.234 e. The molecule has 2 aliphatic rings. The van der Waals surface area contributed by atoms with Gasteiger partial charge < -0.3 is 5.32 Å². The van der Waals surface area contributed by atoms with Crippen molar-refractivity contribution in [1.82, 2.24) is 20.0 Å². The maximum atomic E-state index is 11.7. The molecule has 1 aliphatic carbocycles. The van der Waals surface area contributed by atoms with Gasteiger partial charge in [-0.25, -0.2) is 0 Å². The number of hydrogen-bond donors (Lipinski definition) is 1. The van der Waals surface area contributed by atoms with Crippen LogP contribution in [-0.2, 0) is 11.3 Å². The lowest BCUT2D eigenvalue weighted by molar-refractivity contribution is -0.122. The van der Waals surface area contributed by atoms with Crippen LogP contribution < -0.4 is 5.32 Å². The molecule has 104 valence electrons. The topological polar surface area (TPSA) is 50.2 Å². The Bertz CT molecular complexity index is 405. The van der Waals surface area contributed by atoms with E-state index in [9.17, 15) is 4.79 Å². The standard InChI is InChI=1S/C14H22N4O/c19-14(16-13-2-3-13)11-17-8-4-12(5-9-17)10-18-7-1-6-15-18/h1,6-7,12-13H,2-5,8-11H2,(H,16,19). The minimum Gasteiger partial charge on any atom is -0.352 e. The maximum absolute atomic E-state index is 11.7. The van der Waals surface area contributed by atoms with Crippen molar-refractivity contribution in [3.63, 3.8) is 0 Å². The summed E-state index contributed by atoms with van der Waals surface area (Å²) in [7, 11) is 0. The summed E-state index contributed by atoms with van der Waals surface area (Å²) in [5.41, 5.74) is 0. The molecule has 1 amide bonds. The second kappa shape index (κ2) is 5.74. The number of nitrogens with one attached hydrogen (secondary N) is 1. The molecule has 5 nitrogen and oxygen atoms in total. The Morgan fingerprint density at radius 2 is 2.05 bits per heavy atom. The Morgan fingerprint density at radius 1 is 1.26 bits per heavy atom. The van der Waals surface area contributed by atoms with Gasteiger partial charge in [0.05, 0.1) is 6.54 Å². The monoisotopic (exact) mass is 262 g/mol. The van der Waals surface area contributed by atoms with Crippen molar-refractivity contribution in [3.8, 4) is 0 Å². The summed E-state index contributed by atoms with van der Waals surface area (Å²) in [5, 5.41) is 7.31. The predicted octanol–water partition coefficient (Wildman–Crippen LogP) is 0.874. The van der Waals surface area contributed by atoms with Crippen molar-refractivity contribution in [2.24, 2.45) is 5.92 Å². The quantitative estimate of drug-likeness (QED) is 0.857. The van der Waals surface area contributed by atoms with Gasteiger partial charge >= 0.3 is 0 Å². The number of carbonyl (C=O) groups is 1. The lowest BCUT2D eigenvalue weighted by atomic mass is 9.97. The van der Waals surface area contributed by atoms with E-state index >= 15 is 0 Å². The van der Waals surface area contributed by atoms with Crippen molar-refractivity contribution in [3.05, 3.63) is 18.5 Å². The van der Waals surface area contributed by atoms with Gasteiger partial charge in [0, 0.05) is 25.0 Å². The second-order valence-corrected chi connectivity index (χ2v) is 5.79. The van der Waals surface area contributed by atoms with Crippen LogP contribution in [0.1, 0.15) is 25.7 Å². The summed E-state index contributed by atoms with van der Waals surface area (Å²) in [6, 6.07) is 2.45. The fourth-order valence-electron chi connectivity index (χ4n) is 2.70. The fraction of sp³-hybridized carbons (Fsp3) is 0.714. The molecule has 1 aromatic rings. The molecule has 1 saturated carbocycles. The molecule has 0 aromatic carbocycles. The van der Waals surface area contributed by atoms with Crippen molar-refractivity contribution in [1.29, 1.82) is 0 Å². The highest BCUT2D eigenvalue weighted by Gasteiger charge is 2.25. The number of nitrogens with zero attached hydrogens (tertiary/aromatic N) is 3. The number of amides is 1. The molecule has 2 heterocycles. The number of likely N-dealkylation sites (tertiary alicyclic amines) is 1. The van der Waals surface area contributed by atoms with Crippen LogP contribution in [0.15, 0.2) is 18.5 Å². The molecule has 0 bridgehead atoms. The zero-order valence-corrected chi connectivity index (χ0v) is 11.3. The minimum atomic E-state index is 0.202. The van der Waals surface area contributed by atoms with Gasteiger partial charge in [-0.3, -0.25) is 14.4 Å². The zero-order valence-electron chi connectivity index (χ0n) is 11.3. The highest BCUT2D eigenvalue weighted by molar-refractivity contribution is 5.78. The largest absolute Gasteiger partial charge is 0.352 e. The molecular formula is C14H22N4O. The van der Waals surface area contributed by atoms with E-state index in [-0.39, 0.29) is 5.91 Å². The van der Waals surface area contributed by atoms with Gasteiger partial charge in [-0.1, -0.05) is 0 Å². The van der Waals surface area contributed by atoms with Gasteiger partial charge in [0.1, 0.15) is 0 Å². The van der Waals surface area contributed by atoms with E-state index in [1.165, 1.54) is 0 Å². The summed E-state index contributed by atoms with van der Waals surface area (Å²) in [4.78, 5) is 14.0. The predicted molar refractivity (Wildman–Crippen MR) is 72.6 cm³/mol. The average Bonchev–Trinajstić information content (AvgIpc) is 3.05. The lowest BCUT2D eigenvalue weighted by Gasteiger charge is -2.31. The third-order valence-corrected chi connectivity index (χ3v) is 4.02. The van der Waals surface area contributed by atoms with Gasteiger partial charge in [-0.05, 0) is 50.8 Å². The Kier molecular flexibility index (Phi) is 3.82. The molecule has 0 spiro atoms. The van der Waals surface area contributed by atoms with E-state index in [4.69, 9.17) is 0 Å². The van der Waals surface area contributed by atoms with Crippen molar-refractivity contribution in [2.75, 3.05) is 19.6 Å². The molecule has 0 radical (unpaired) electrons. The normalized spacial score (nSPS) is 21.5. The van der Waals surface area contributed by atoms with Crippen molar-refractivity contribution in [2.45, 2.75) is 38.3 Å². The van der Waals surface area contributed by atoms with Gasteiger partial charge in [0.25, 0.3) is 0 Å². The molecule has 1 aliphatic heterocycles. The summed E-state index contributed by atoms with van der Waals surface area (Å²) in [6.07, 6.45) is 8.51. The van der Waals surface area contributed by atoms with Gasteiger partial charge in [0.15, 0.2) is 0 Å². The molecule has 5 heteroatoms. The van der Waals surface area contributed by atoms with E-state index in [2.05, 4.69) is 15.3 Å². The molecular weight excluding hydrogens is 240 g/mol. The highest BCUT2D eigenvalue weighted by atomic mass is 16.2. The molecule has 1 saturated heterocycles. The first-order chi connectivity index (χ1) is 9.29. The van der Waals surface area contributed by atoms with E-state index < -0.39 is 0 Å². The van der Waals surface area contributed by atoms with Crippen molar-refractivity contribution >= 4 is 5.91 Å². The van der Waals surface area contributed by atoms with Crippen LogP contribution in [0.5, 0.6) is 0 Å². The van der Waals surface area contributed by atoms with E-state index in [1.54, 1.807) is 0 Å². The first kappa shape index (κ1) is 12.7. The summed E-state index contributed by atoms with van der Waals surface area (Å²) in [5.74, 6) is 0.899. The van der Waals surface area contributed by atoms with Crippen LogP contribution in [0.4, 0.5) is 0 Å². The Balaban J connectivity index is 1.37. The number of piperidine rings is 1. The van der Waals surface area contributed by atoms with Crippen LogP contribution in [0.25, 0.3) is 0 Å². The van der Waals surface area contributed by atoms with E-state index in [1.807, 2.05) is 23.1 Å². The molecule has 0 atom stereocenters. The lowest BCUT2D eigenvalue weighted by Crippen LogP contribution is -2.42.